The highest BCUT2D eigenvalue weighted by molar-refractivity contribution is 7.90. The highest BCUT2D eigenvalue weighted by Gasteiger charge is 2.28. The third-order valence-electron chi connectivity index (χ3n) is 6.45. The van der Waals surface area contributed by atoms with Crippen molar-refractivity contribution >= 4 is 32.1 Å². The SMILES string of the molecule is Cc1nc(S(C)(=O)=O)ccc1-c1cn2nc(OC(C)C3CCN(c4nc(C(C)C)no4)CC3)sc2n1. The standard InChI is InChI=1S/C23H29N7O4S2/c1-13(2)20-26-21(34-28-20)29-10-8-16(9-11-29)15(4)33-23-27-30-12-18(25-22(30)35-23)17-6-7-19(24-14(17)3)36(5,31)32/h6-7,12-13,15-16H,8-11H2,1-5H3. The maximum absolute atomic E-state index is 11.8. The summed E-state index contributed by atoms with van der Waals surface area (Å²) in [6.07, 6.45) is 4.88. The molecule has 0 aliphatic carbocycles. The Morgan fingerprint density at radius 2 is 1.89 bits per heavy atom. The van der Waals surface area contributed by atoms with Crippen molar-refractivity contribution in [1.29, 1.82) is 0 Å². The molecule has 0 radical (unpaired) electrons. The quantitative estimate of drug-likeness (QED) is 0.348. The van der Waals surface area contributed by atoms with Crippen LogP contribution in [0.4, 0.5) is 6.01 Å². The molecule has 4 aromatic heterocycles. The van der Waals surface area contributed by atoms with Gasteiger partial charge in [-0.05, 0) is 56.1 Å². The van der Waals surface area contributed by atoms with Crippen LogP contribution in [-0.4, -0.2) is 63.6 Å². The Balaban J connectivity index is 1.22. The number of hydrogen-bond donors (Lipinski definition) is 0. The predicted octanol–water partition coefficient (Wildman–Crippen LogP) is 3.76. The Bertz CT molecular complexity index is 1450. The summed E-state index contributed by atoms with van der Waals surface area (Å²) in [6, 6.07) is 3.83. The molecule has 0 aromatic carbocycles. The molecule has 1 fully saturated rings. The Labute approximate surface area is 213 Å². The summed E-state index contributed by atoms with van der Waals surface area (Å²) >= 11 is 1.38. The first kappa shape index (κ1) is 24.6. The van der Waals surface area contributed by atoms with E-state index in [2.05, 4.69) is 37.0 Å². The molecule has 1 aliphatic heterocycles. The van der Waals surface area contributed by atoms with Gasteiger partial charge in [-0.15, -0.1) is 5.10 Å². The lowest BCUT2D eigenvalue weighted by atomic mass is 9.92. The topological polar surface area (TPSA) is 129 Å². The van der Waals surface area contributed by atoms with Crippen molar-refractivity contribution in [3.05, 3.63) is 29.8 Å². The van der Waals surface area contributed by atoms with Gasteiger partial charge in [0.05, 0.1) is 11.9 Å². The minimum absolute atomic E-state index is 0.00590. The summed E-state index contributed by atoms with van der Waals surface area (Å²) < 4.78 is 36.8. The van der Waals surface area contributed by atoms with Crippen LogP contribution < -0.4 is 9.64 Å². The molecule has 0 saturated carbocycles. The average molecular weight is 532 g/mol. The van der Waals surface area contributed by atoms with Crippen LogP contribution >= 0.6 is 11.3 Å². The number of pyridine rings is 1. The Hall–Kier alpha value is -3.06. The van der Waals surface area contributed by atoms with Gasteiger partial charge in [-0.25, -0.2) is 22.9 Å². The third kappa shape index (κ3) is 4.94. The first-order valence-electron chi connectivity index (χ1n) is 11.9. The maximum Gasteiger partial charge on any atom is 0.324 e. The number of aromatic nitrogens is 6. The number of aryl methyl sites for hydroxylation is 1. The van der Waals surface area contributed by atoms with Gasteiger partial charge in [0.25, 0.3) is 5.19 Å². The fourth-order valence-corrected chi connectivity index (χ4v) is 5.71. The maximum atomic E-state index is 11.8. The van der Waals surface area contributed by atoms with E-state index in [0.717, 1.165) is 43.6 Å². The lowest BCUT2D eigenvalue weighted by molar-refractivity contribution is 0.130. The molecular weight excluding hydrogens is 502 g/mol. The molecule has 0 amide bonds. The highest BCUT2D eigenvalue weighted by Crippen LogP contribution is 2.31. The molecule has 36 heavy (non-hydrogen) atoms. The number of fused-ring (bicyclic) bond motifs is 1. The minimum Gasteiger partial charge on any atom is -0.466 e. The highest BCUT2D eigenvalue weighted by atomic mass is 32.2. The summed E-state index contributed by atoms with van der Waals surface area (Å²) in [5.41, 5.74) is 2.05. The van der Waals surface area contributed by atoms with Crippen molar-refractivity contribution in [3.8, 4) is 16.5 Å². The average Bonchev–Trinajstić information content (AvgIpc) is 3.54. The van der Waals surface area contributed by atoms with Crippen molar-refractivity contribution in [2.45, 2.75) is 57.6 Å². The van der Waals surface area contributed by atoms with E-state index < -0.39 is 9.84 Å². The summed E-state index contributed by atoms with van der Waals surface area (Å²) in [5, 5.41) is 9.24. The number of rotatable bonds is 7. The van der Waals surface area contributed by atoms with E-state index in [-0.39, 0.29) is 17.0 Å². The van der Waals surface area contributed by atoms with Crippen LogP contribution in [0, 0.1) is 12.8 Å². The molecular formula is C23H29N7O4S2. The van der Waals surface area contributed by atoms with Gasteiger partial charge in [0.15, 0.2) is 20.7 Å². The second kappa shape index (κ2) is 9.43. The molecule has 1 saturated heterocycles. The summed E-state index contributed by atoms with van der Waals surface area (Å²) in [4.78, 5) is 16.2. The molecule has 1 unspecified atom stereocenters. The number of hydrogen-bond acceptors (Lipinski definition) is 11. The van der Waals surface area contributed by atoms with E-state index in [0.29, 0.717) is 33.5 Å². The van der Waals surface area contributed by atoms with Crippen LogP contribution in [0.2, 0.25) is 0 Å². The monoisotopic (exact) mass is 531 g/mol. The van der Waals surface area contributed by atoms with Gasteiger partial charge in [0.1, 0.15) is 6.10 Å². The fourth-order valence-electron chi connectivity index (χ4n) is 4.28. The summed E-state index contributed by atoms with van der Waals surface area (Å²) in [6.45, 7) is 9.63. The van der Waals surface area contributed by atoms with Gasteiger partial charge in [0.2, 0.25) is 4.96 Å². The fraction of sp³-hybridized carbons (Fsp3) is 0.522. The van der Waals surface area contributed by atoms with Gasteiger partial charge >= 0.3 is 6.01 Å². The molecule has 0 N–H and O–H groups in total. The first-order valence-corrected chi connectivity index (χ1v) is 14.6. The summed E-state index contributed by atoms with van der Waals surface area (Å²) in [5.74, 6) is 1.37. The molecule has 192 valence electrons. The van der Waals surface area contributed by atoms with Gasteiger partial charge < -0.3 is 14.2 Å². The normalized spacial score (nSPS) is 16.2. The van der Waals surface area contributed by atoms with Gasteiger partial charge in [0, 0.05) is 36.5 Å². The van der Waals surface area contributed by atoms with E-state index in [1.807, 2.05) is 20.0 Å². The van der Waals surface area contributed by atoms with E-state index in [1.54, 1.807) is 17.5 Å². The number of piperidine rings is 1. The zero-order valence-electron chi connectivity index (χ0n) is 20.9. The van der Waals surface area contributed by atoms with Crippen LogP contribution in [0.3, 0.4) is 0 Å². The van der Waals surface area contributed by atoms with E-state index in [1.165, 1.54) is 17.4 Å². The molecule has 1 atom stereocenters. The molecule has 1 aliphatic rings. The van der Waals surface area contributed by atoms with Crippen molar-refractivity contribution in [3.63, 3.8) is 0 Å². The zero-order chi connectivity index (χ0) is 25.6. The molecule has 0 spiro atoms. The number of nitrogens with zero attached hydrogens (tertiary/aromatic N) is 7. The number of imidazole rings is 1. The Kier molecular flexibility index (Phi) is 6.45. The number of anilines is 1. The van der Waals surface area contributed by atoms with E-state index in [9.17, 15) is 8.42 Å². The number of ether oxygens (including phenoxy) is 1. The van der Waals surface area contributed by atoms with Crippen molar-refractivity contribution in [2.75, 3.05) is 24.2 Å². The van der Waals surface area contributed by atoms with Crippen LogP contribution in [0.15, 0.2) is 27.9 Å². The van der Waals surface area contributed by atoms with Crippen molar-refractivity contribution < 1.29 is 17.7 Å². The van der Waals surface area contributed by atoms with Crippen molar-refractivity contribution in [1.82, 2.24) is 29.7 Å². The second-order valence-corrected chi connectivity index (χ2v) is 12.4. The van der Waals surface area contributed by atoms with Crippen LogP contribution in [-0.2, 0) is 9.84 Å². The lowest BCUT2D eigenvalue weighted by Gasteiger charge is -2.33. The van der Waals surface area contributed by atoms with Crippen LogP contribution in [0.25, 0.3) is 16.2 Å². The summed E-state index contributed by atoms with van der Waals surface area (Å²) in [7, 11) is -3.36. The number of sulfone groups is 1. The Morgan fingerprint density at radius 3 is 2.50 bits per heavy atom. The largest absolute Gasteiger partial charge is 0.466 e. The second-order valence-electron chi connectivity index (χ2n) is 9.51. The molecule has 4 aromatic rings. The molecule has 11 nitrogen and oxygen atoms in total. The molecule has 5 heterocycles. The lowest BCUT2D eigenvalue weighted by Crippen LogP contribution is -2.38. The van der Waals surface area contributed by atoms with Gasteiger partial charge in [-0.2, -0.15) is 4.98 Å². The van der Waals surface area contributed by atoms with Crippen LogP contribution in [0.5, 0.6) is 5.19 Å². The molecule has 13 heteroatoms. The third-order valence-corrected chi connectivity index (χ3v) is 8.25. The minimum atomic E-state index is -3.36. The zero-order valence-corrected chi connectivity index (χ0v) is 22.5. The smallest absolute Gasteiger partial charge is 0.324 e. The Morgan fingerprint density at radius 1 is 1.14 bits per heavy atom. The van der Waals surface area contributed by atoms with Crippen LogP contribution in [0.1, 0.15) is 51.0 Å². The van der Waals surface area contributed by atoms with E-state index in [4.69, 9.17) is 9.26 Å². The van der Waals surface area contributed by atoms with Gasteiger partial charge in [-0.3, -0.25) is 0 Å². The van der Waals surface area contributed by atoms with Crippen molar-refractivity contribution in [2.24, 2.45) is 5.92 Å². The van der Waals surface area contributed by atoms with Gasteiger partial charge in [-0.1, -0.05) is 19.0 Å². The first-order chi connectivity index (χ1) is 17.1. The molecule has 5 rings (SSSR count). The predicted molar refractivity (Wildman–Crippen MR) is 135 cm³/mol. The van der Waals surface area contributed by atoms with E-state index >= 15 is 0 Å². The molecule has 0 bridgehead atoms.